The van der Waals surface area contributed by atoms with Crippen molar-refractivity contribution in [3.63, 3.8) is 0 Å². The van der Waals surface area contributed by atoms with Crippen LogP contribution < -0.4 is 0 Å². The van der Waals surface area contributed by atoms with Crippen molar-refractivity contribution >= 4 is 17.2 Å². The van der Waals surface area contributed by atoms with E-state index >= 15 is 0 Å². The number of rotatable bonds is 5. The van der Waals surface area contributed by atoms with E-state index in [9.17, 15) is 4.79 Å². The zero-order chi connectivity index (χ0) is 19.5. The standard InChI is InChI=1S/C19H23N7OS/c1-3-25-8-4-15(5-9-25)24(2)19(27)16-13-28-18(23-16)14-10-22-26(12-14)17-11-20-6-7-21-17/h6-7,10-13,15H,3-5,8-9H2,1-2H3. The van der Waals surface area contributed by atoms with Gasteiger partial charge in [0.25, 0.3) is 5.91 Å². The molecule has 28 heavy (non-hydrogen) atoms. The van der Waals surface area contributed by atoms with E-state index in [1.807, 2.05) is 23.5 Å². The summed E-state index contributed by atoms with van der Waals surface area (Å²) in [5, 5.41) is 6.92. The molecule has 3 aromatic heterocycles. The Hall–Kier alpha value is -2.65. The average Bonchev–Trinajstić information content (AvgIpc) is 3.43. The molecule has 1 aliphatic heterocycles. The minimum Gasteiger partial charge on any atom is -0.337 e. The number of piperidine rings is 1. The smallest absolute Gasteiger partial charge is 0.273 e. The number of aromatic nitrogens is 5. The van der Waals surface area contributed by atoms with Gasteiger partial charge in [-0.2, -0.15) is 5.10 Å². The summed E-state index contributed by atoms with van der Waals surface area (Å²) >= 11 is 1.45. The fourth-order valence-corrected chi connectivity index (χ4v) is 4.21. The fraction of sp³-hybridized carbons (Fsp3) is 0.421. The molecule has 0 radical (unpaired) electrons. The summed E-state index contributed by atoms with van der Waals surface area (Å²) in [5.74, 6) is 0.624. The largest absolute Gasteiger partial charge is 0.337 e. The zero-order valence-corrected chi connectivity index (χ0v) is 16.8. The van der Waals surface area contributed by atoms with Crippen LogP contribution in [0, 0.1) is 0 Å². The molecule has 1 fully saturated rings. The van der Waals surface area contributed by atoms with E-state index in [0.717, 1.165) is 43.0 Å². The molecule has 146 valence electrons. The van der Waals surface area contributed by atoms with Crippen LogP contribution in [0.25, 0.3) is 16.4 Å². The van der Waals surface area contributed by atoms with Crippen LogP contribution in [0.5, 0.6) is 0 Å². The van der Waals surface area contributed by atoms with Crippen molar-refractivity contribution in [2.24, 2.45) is 0 Å². The van der Waals surface area contributed by atoms with Gasteiger partial charge in [0.1, 0.15) is 10.7 Å². The molecule has 9 heteroatoms. The Morgan fingerprint density at radius 3 is 2.82 bits per heavy atom. The highest BCUT2D eigenvalue weighted by molar-refractivity contribution is 7.13. The number of carbonyl (C=O) groups excluding carboxylic acids is 1. The van der Waals surface area contributed by atoms with Crippen molar-refractivity contribution in [3.05, 3.63) is 42.1 Å². The van der Waals surface area contributed by atoms with E-state index in [-0.39, 0.29) is 11.9 Å². The van der Waals surface area contributed by atoms with E-state index in [0.29, 0.717) is 11.5 Å². The number of hydrogen-bond donors (Lipinski definition) is 0. The van der Waals surface area contributed by atoms with Crippen molar-refractivity contribution in [3.8, 4) is 16.4 Å². The molecule has 4 rings (SSSR count). The molecule has 0 N–H and O–H groups in total. The van der Waals surface area contributed by atoms with E-state index in [4.69, 9.17) is 0 Å². The van der Waals surface area contributed by atoms with Crippen LogP contribution in [0.4, 0.5) is 0 Å². The summed E-state index contributed by atoms with van der Waals surface area (Å²) in [4.78, 5) is 30.0. The Morgan fingerprint density at radius 1 is 1.29 bits per heavy atom. The normalized spacial score (nSPS) is 15.6. The first-order valence-electron chi connectivity index (χ1n) is 9.42. The van der Waals surface area contributed by atoms with Crippen molar-refractivity contribution in [2.45, 2.75) is 25.8 Å². The average molecular weight is 398 g/mol. The Balaban J connectivity index is 1.45. The fourth-order valence-electron chi connectivity index (χ4n) is 3.44. The van der Waals surface area contributed by atoms with Crippen LogP contribution in [-0.2, 0) is 0 Å². The van der Waals surface area contributed by atoms with E-state index < -0.39 is 0 Å². The minimum atomic E-state index is -0.0150. The Morgan fingerprint density at radius 2 is 2.11 bits per heavy atom. The van der Waals surface area contributed by atoms with Crippen LogP contribution in [0.1, 0.15) is 30.3 Å². The monoisotopic (exact) mass is 397 g/mol. The molecule has 1 amide bonds. The molecule has 0 saturated carbocycles. The maximum atomic E-state index is 12.9. The van der Waals surface area contributed by atoms with Gasteiger partial charge in [0, 0.05) is 55.7 Å². The summed E-state index contributed by atoms with van der Waals surface area (Å²) in [6.45, 7) is 5.34. The Bertz CT molecular complexity index is 931. The van der Waals surface area contributed by atoms with Gasteiger partial charge in [0.2, 0.25) is 0 Å². The molecule has 0 atom stereocenters. The van der Waals surface area contributed by atoms with Crippen molar-refractivity contribution in [1.82, 2.24) is 34.5 Å². The predicted octanol–water partition coefficient (Wildman–Crippen LogP) is 2.34. The molecule has 0 spiro atoms. The molecule has 8 nitrogen and oxygen atoms in total. The topological polar surface area (TPSA) is 80.0 Å². The summed E-state index contributed by atoms with van der Waals surface area (Å²) in [7, 11) is 1.89. The number of likely N-dealkylation sites (tertiary alicyclic amines) is 1. The van der Waals surface area contributed by atoms with Gasteiger partial charge in [-0.3, -0.25) is 9.78 Å². The van der Waals surface area contributed by atoms with Gasteiger partial charge in [-0.25, -0.2) is 14.6 Å². The molecule has 4 heterocycles. The quantitative estimate of drug-likeness (QED) is 0.657. The van der Waals surface area contributed by atoms with Crippen LogP contribution in [0.2, 0.25) is 0 Å². The van der Waals surface area contributed by atoms with E-state index in [2.05, 4.69) is 31.9 Å². The van der Waals surface area contributed by atoms with Gasteiger partial charge in [0.05, 0.1) is 12.4 Å². The second-order valence-corrected chi connectivity index (χ2v) is 7.71. The molecule has 3 aromatic rings. The molecule has 0 aromatic carbocycles. The maximum Gasteiger partial charge on any atom is 0.273 e. The van der Waals surface area contributed by atoms with Crippen LogP contribution in [0.15, 0.2) is 36.4 Å². The highest BCUT2D eigenvalue weighted by Gasteiger charge is 2.26. The van der Waals surface area contributed by atoms with Gasteiger partial charge in [0.15, 0.2) is 5.82 Å². The highest BCUT2D eigenvalue weighted by atomic mass is 32.1. The second kappa shape index (κ2) is 8.15. The van der Waals surface area contributed by atoms with E-state index in [1.54, 1.807) is 29.5 Å². The lowest BCUT2D eigenvalue weighted by Gasteiger charge is -2.36. The van der Waals surface area contributed by atoms with Gasteiger partial charge in [-0.15, -0.1) is 11.3 Å². The number of hydrogen-bond acceptors (Lipinski definition) is 7. The first-order chi connectivity index (χ1) is 13.7. The third-order valence-electron chi connectivity index (χ3n) is 5.21. The molecular formula is C19H23N7OS. The van der Waals surface area contributed by atoms with Gasteiger partial charge in [-0.1, -0.05) is 6.92 Å². The highest BCUT2D eigenvalue weighted by Crippen LogP contribution is 2.25. The van der Waals surface area contributed by atoms with Crippen molar-refractivity contribution in [2.75, 3.05) is 26.7 Å². The molecule has 0 unspecified atom stereocenters. The SMILES string of the molecule is CCN1CCC(N(C)C(=O)c2csc(-c3cnn(-c4cnccn4)c3)n2)CC1. The third-order valence-corrected chi connectivity index (χ3v) is 6.10. The lowest BCUT2D eigenvalue weighted by molar-refractivity contribution is 0.0642. The lowest BCUT2D eigenvalue weighted by Crippen LogP contribution is -2.45. The van der Waals surface area contributed by atoms with Crippen LogP contribution >= 0.6 is 11.3 Å². The molecule has 0 bridgehead atoms. The van der Waals surface area contributed by atoms with E-state index in [1.165, 1.54) is 11.3 Å². The third kappa shape index (κ3) is 3.81. The first kappa shape index (κ1) is 18.7. The number of thiazole rings is 1. The second-order valence-electron chi connectivity index (χ2n) is 6.86. The molecule has 0 aliphatic carbocycles. The van der Waals surface area contributed by atoms with Crippen LogP contribution in [0.3, 0.4) is 0 Å². The van der Waals surface area contributed by atoms with Crippen LogP contribution in [-0.4, -0.2) is 73.2 Å². The molecular weight excluding hydrogens is 374 g/mol. The number of amides is 1. The minimum absolute atomic E-state index is 0.0150. The van der Waals surface area contributed by atoms with Gasteiger partial charge in [-0.05, 0) is 19.4 Å². The summed E-state index contributed by atoms with van der Waals surface area (Å²) < 4.78 is 1.65. The van der Waals surface area contributed by atoms with Gasteiger partial charge >= 0.3 is 0 Å². The summed E-state index contributed by atoms with van der Waals surface area (Å²) in [5.41, 5.74) is 1.35. The molecule has 1 saturated heterocycles. The van der Waals surface area contributed by atoms with Crippen molar-refractivity contribution in [1.29, 1.82) is 0 Å². The van der Waals surface area contributed by atoms with Gasteiger partial charge < -0.3 is 9.80 Å². The number of carbonyl (C=O) groups is 1. The first-order valence-corrected chi connectivity index (χ1v) is 10.3. The Labute approximate surface area is 167 Å². The summed E-state index contributed by atoms with van der Waals surface area (Å²) in [6, 6.07) is 0.278. The predicted molar refractivity (Wildman–Crippen MR) is 107 cm³/mol. The summed E-state index contributed by atoms with van der Waals surface area (Å²) in [6.07, 6.45) is 10.5. The Kier molecular flexibility index (Phi) is 5.45. The maximum absolute atomic E-state index is 12.9. The van der Waals surface area contributed by atoms with Crippen molar-refractivity contribution < 1.29 is 4.79 Å². The lowest BCUT2D eigenvalue weighted by atomic mass is 10.0. The zero-order valence-electron chi connectivity index (χ0n) is 16.0. The molecule has 1 aliphatic rings. The number of nitrogens with zero attached hydrogens (tertiary/aromatic N) is 7.